The van der Waals surface area contributed by atoms with E-state index in [0.29, 0.717) is 23.2 Å². The lowest BCUT2D eigenvalue weighted by atomic mass is 9.38. The van der Waals surface area contributed by atoms with Crippen LogP contribution in [0.2, 0.25) is 0 Å². The Kier molecular flexibility index (Phi) is 5.68. The van der Waals surface area contributed by atoms with E-state index < -0.39 is 5.60 Å². The van der Waals surface area contributed by atoms with E-state index in [0.717, 1.165) is 37.2 Å². The Morgan fingerprint density at radius 2 is 1.88 bits per heavy atom. The largest absolute Gasteiger partial charge is 0.392 e. The summed E-state index contributed by atoms with van der Waals surface area (Å²) in [5, 5.41) is 11.0. The molecule has 3 nitrogen and oxygen atoms in total. The summed E-state index contributed by atoms with van der Waals surface area (Å²) in [5.74, 6) is 2.27. The van der Waals surface area contributed by atoms with Gasteiger partial charge >= 0.3 is 0 Å². The Morgan fingerprint density at radius 3 is 2.56 bits per heavy atom. The minimum Gasteiger partial charge on any atom is -0.392 e. The van der Waals surface area contributed by atoms with E-state index in [9.17, 15) is 5.11 Å². The number of fused-ring (bicyclic) bond motifs is 2. The summed E-state index contributed by atoms with van der Waals surface area (Å²) in [7, 11) is 1.84. The van der Waals surface area contributed by atoms with Gasteiger partial charge in [0.1, 0.15) is 5.60 Å². The van der Waals surface area contributed by atoms with Crippen LogP contribution in [0.5, 0.6) is 0 Å². The molecule has 5 aliphatic rings. The Balaban J connectivity index is 1.54. The monoisotopic (exact) mass is 468 g/mol. The van der Waals surface area contributed by atoms with Gasteiger partial charge in [0.25, 0.3) is 0 Å². The molecule has 3 saturated carbocycles. The van der Waals surface area contributed by atoms with Crippen molar-refractivity contribution in [2.45, 2.75) is 104 Å². The van der Waals surface area contributed by atoms with Crippen LogP contribution in [0.15, 0.2) is 36.5 Å². The van der Waals surface area contributed by atoms with Crippen molar-refractivity contribution in [3.05, 3.63) is 36.5 Å². The maximum Gasteiger partial charge on any atom is 0.164 e. The molecular formula is C31H48O3. The Hall–Kier alpha value is -0.900. The van der Waals surface area contributed by atoms with Gasteiger partial charge in [-0.2, -0.15) is 0 Å². The maximum absolute atomic E-state index is 11.0. The van der Waals surface area contributed by atoms with Gasteiger partial charge < -0.3 is 14.6 Å². The van der Waals surface area contributed by atoms with E-state index in [1.54, 1.807) is 0 Å². The molecule has 1 spiro atoms. The minimum absolute atomic E-state index is 0.00710. The normalized spacial score (nSPS) is 51.7. The van der Waals surface area contributed by atoms with Crippen molar-refractivity contribution in [2.24, 2.45) is 45.3 Å². The third-order valence-corrected chi connectivity index (χ3v) is 12.3. The second-order valence-corrected chi connectivity index (χ2v) is 13.7. The average Bonchev–Trinajstić information content (AvgIpc) is 3.15. The predicted octanol–water partition coefficient (Wildman–Crippen LogP) is 7.07. The van der Waals surface area contributed by atoms with Crippen molar-refractivity contribution in [1.82, 2.24) is 0 Å². The molecule has 0 amide bonds. The molecule has 2 bridgehead atoms. The molecule has 1 heterocycles. The van der Waals surface area contributed by atoms with Gasteiger partial charge in [0, 0.05) is 23.9 Å². The zero-order chi connectivity index (χ0) is 24.7. The molecule has 1 N–H and O–H groups in total. The molecule has 4 aliphatic carbocycles. The molecule has 1 aliphatic heterocycles. The summed E-state index contributed by atoms with van der Waals surface area (Å²) >= 11 is 0. The quantitative estimate of drug-likeness (QED) is 0.346. The first kappa shape index (κ1) is 24.8. The summed E-state index contributed by atoms with van der Waals surface area (Å²) in [6.45, 7) is 18.2. The predicted molar refractivity (Wildman–Crippen MR) is 138 cm³/mol. The standard InChI is InChI=1S/C31H48O3/c1-20(2)10-9-11-21(3)22-14-16-29(7)23-15-17-31-24(12-13-25(32)27(31,4)5)30(23,26(33-8)34-31)19-18-28(22,29)6/h9-10,15,17,21-26,32H,1,11-14,16,18-19H2,2-8H3/b10-9+/t21-,22-,23+,24+,25+,26?,28-,29+,30+,31-/m1/s1. The van der Waals surface area contributed by atoms with Crippen molar-refractivity contribution < 1.29 is 14.6 Å². The number of rotatable bonds is 5. The number of allylic oxidation sites excluding steroid dienone is 4. The van der Waals surface area contributed by atoms with Gasteiger partial charge in [-0.1, -0.05) is 71.1 Å². The third-order valence-electron chi connectivity index (χ3n) is 12.3. The fourth-order valence-corrected chi connectivity index (χ4v) is 10.1. The first-order chi connectivity index (χ1) is 15.9. The summed E-state index contributed by atoms with van der Waals surface area (Å²) in [4.78, 5) is 0. The zero-order valence-electron chi connectivity index (χ0n) is 22.7. The molecule has 34 heavy (non-hydrogen) atoms. The van der Waals surface area contributed by atoms with Crippen LogP contribution >= 0.6 is 0 Å². The molecule has 0 radical (unpaired) electrons. The van der Waals surface area contributed by atoms with Crippen LogP contribution in [0, 0.1) is 45.3 Å². The van der Waals surface area contributed by atoms with Crippen molar-refractivity contribution in [3.63, 3.8) is 0 Å². The summed E-state index contributed by atoms with van der Waals surface area (Å²) in [6.07, 6.45) is 17.0. The number of ether oxygens (including phenoxy) is 2. The molecule has 4 fully saturated rings. The lowest BCUT2D eigenvalue weighted by molar-refractivity contribution is -0.225. The Morgan fingerprint density at radius 1 is 1.15 bits per heavy atom. The first-order valence-corrected chi connectivity index (χ1v) is 13.8. The van der Waals surface area contributed by atoms with Gasteiger partial charge in [-0.25, -0.2) is 0 Å². The van der Waals surface area contributed by atoms with Crippen molar-refractivity contribution in [2.75, 3.05) is 7.11 Å². The number of aliphatic hydroxyl groups excluding tert-OH is 1. The molecule has 5 rings (SSSR count). The fourth-order valence-electron chi connectivity index (χ4n) is 10.1. The van der Waals surface area contributed by atoms with Gasteiger partial charge in [-0.15, -0.1) is 0 Å². The molecular weight excluding hydrogens is 420 g/mol. The third kappa shape index (κ3) is 2.81. The summed E-state index contributed by atoms with van der Waals surface area (Å²) < 4.78 is 13.2. The van der Waals surface area contributed by atoms with E-state index in [1.165, 1.54) is 19.3 Å². The molecule has 10 atom stereocenters. The highest BCUT2D eigenvalue weighted by molar-refractivity contribution is 5.34. The van der Waals surface area contributed by atoms with Crippen LogP contribution in [-0.4, -0.2) is 30.2 Å². The fraction of sp³-hybridized carbons (Fsp3) is 0.806. The van der Waals surface area contributed by atoms with Crippen molar-refractivity contribution in [3.8, 4) is 0 Å². The van der Waals surface area contributed by atoms with Crippen LogP contribution < -0.4 is 0 Å². The zero-order valence-corrected chi connectivity index (χ0v) is 22.7. The van der Waals surface area contributed by atoms with E-state index in [1.807, 2.05) is 7.11 Å². The lowest BCUT2D eigenvalue weighted by Gasteiger charge is -2.65. The van der Waals surface area contributed by atoms with Gasteiger partial charge in [0.2, 0.25) is 0 Å². The highest BCUT2D eigenvalue weighted by Gasteiger charge is 2.78. The van der Waals surface area contributed by atoms with Crippen LogP contribution in [0.3, 0.4) is 0 Å². The van der Waals surface area contributed by atoms with E-state index in [2.05, 4.69) is 72.4 Å². The Labute approximate surface area is 208 Å². The highest BCUT2D eigenvalue weighted by Crippen LogP contribution is 2.78. The van der Waals surface area contributed by atoms with E-state index in [-0.39, 0.29) is 28.6 Å². The van der Waals surface area contributed by atoms with Crippen molar-refractivity contribution in [1.29, 1.82) is 0 Å². The molecule has 1 saturated heterocycles. The van der Waals surface area contributed by atoms with Gasteiger partial charge in [0.05, 0.1) is 6.10 Å². The highest BCUT2D eigenvalue weighted by atomic mass is 16.7. The number of methoxy groups -OCH3 is 1. The molecule has 1 unspecified atom stereocenters. The topological polar surface area (TPSA) is 38.7 Å². The summed E-state index contributed by atoms with van der Waals surface area (Å²) in [5.41, 5.74) is 0.945. The first-order valence-electron chi connectivity index (χ1n) is 13.8. The minimum atomic E-state index is -0.426. The van der Waals surface area contributed by atoms with Crippen LogP contribution in [0.4, 0.5) is 0 Å². The number of aliphatic hydroxyl groups is 1. The van der Waals surface area contributed by atoms with Gasteiger partial charge in [-0.3, -0.25) is 0 Å². The summed E-state index contributed by atoms with van der Waals surface area (Å²) in [6, 6.07) is 0. The molecule has 0 aromatic rings. The van der Waals surface area contributed by atoms with Crippen LogP contribution in [0.1, 0.15) is 86.5 Å². The van der Waals surface area contributed by atoms with Gasteiger partial charge in [-0.05, 0) is 80.5 Å². The lowest BCUT2D eigenvalue weighted by Crippen LogP contribution is -2.65. The number of hydrogen-bond donors (Lipinski definition) is 1. The average molecular weight is 469 g/mol. The SMILES string of the molecule is C=C(C)/C=C/C[C@@H](C)[C@H]1CC[C@@]2(C)[C@@H]3C=C[C@@]45OC(OC)[C@]3(CC[C@]12C)[C@@H]4CC[C@H](O)C5(C)C. The maximum atomic E-state index is 11.0. The van der Waals surface area contributed by atoms with Crippen LogP contribution in [0.25, 0.3) is 0 Å². The van der Waals surface area contributed by atoms with Crippen molar-refractivity contribution >= 4 is 0 Å². The molecule has 0 aromatic carbocycles. The second-order valence-electron chi connectivity index (χ2n) is 13.7. The smallest absolute Gasteiger partial charge is 0.164 e. The molecule has 190 valence electrons. The Bertz CT molecular complexity index is 902. The van der Waals surface area contributed by atoms with Crippen LogP contribution in [-0.2, 0) is 9.47 Å². The van der Waals surface area contributed by atoms with E-state index >= 15 is 0 Å². The molecule has 0 aromatic heterocycles. The molecule has 3 heteroatoms. The second kappa shape index (κ2) is 7.80. The number of hydrogen-bond acceptors (Lipinski definition) is 3. The van der Waals surface area contributed by atoms with Gasteiger partial charge in [0.15, 0.2) is 6.29 Å². The van der Waals surface area contributed by atoms with E-state index in [4.69, 9.17) is 9.47 Å².